The maximum Gasteiger partial charge on any atom is 0.231 e. The molecule has 0 bridgehead atoms. The van der Waals surface area contributed by atoms with Gasteiger partial charge in [0, 0.05) is 23.4 Å². The Morgan fingerprint density at radius 2 is 1.74 bits per heavy atom. The van der Waals surface area contributed by atoms with Crippen LogP contribution in [-0.2, 0) is 17.6 Å². The van der Waals surface area contributed by atoms with E-state index in [2.05, 4.69) is 30.5 Å². The molecule has 0 saturated carbocycles. The zero-order valence-corrected chi connectivity index (χ0v) is 20.1. The lowest BCUT2D eigenvalue weighted by atomic mass is 10.2. The molecule has 1 aromatic carbocycles. The highest BCUT2D eigenvalue weighted by atomic mass is 16.5. The number of fused-ring (bicyclic) bond motifs is 1. The molecular formula is C24H26N6O5. The van der Waals surface area contributed by atoms with E-state index in [0.717, 1.165) is 17.7 Å². The summed E-state index contributed by atoms with van der Waals surface area (Å²) in [7, 11) is 4.61. The Hall–Kier alpha value is -4.41. The Morgan fingerprint density at radius 1 is 1.00 bits per heavy atom. The van der Waals surface area contributed by atoms with Gasteiger partial charge in [-0.25, -0.2) is 9.97 Å². The van der Waals surface area contributed by atoms with Crippen molar-refractivity contribution in [1.82, 2.24) is 25.1 Å². The second kappa shape index (κ2) is 10.2. The standard InChI is InChI=1S/C24H26N6O5/c1-6-15-13(2)29-30-23(15)28-22(31)10-18-19(32-3)7-14(11-25-18)35-24-16-8-20(33-4)21(34-5)9-17(16)26-12-27-24/h7-9,11-12H,6,10H2,1-5H3,(H2,28,29,30,31). The zero-order chi connectivity index (χ0) is 24.9. The molecule has 0 aliphatic rings. The summed E-state index contributed by atoms with van der Waals surface area (Å²) in [6.07, 6.45) is 3.66. The molecule has 35 heavy (non-hydrogen) atoms. The molecule has 182 valence electrons. The molecule has 11 heteroatoms. The van der Waals surface area contributed by atoms with E-state index in [-0.39, 0.29) is 12.3 Å². The fraction of sp³-hybridized carbons (Fsp3) is 0.292. The number of nitrogens with zero attached hydrogens (tertiary/aromatic N) is 4. The van der Waals surface area contributed by atoms with E-state index in [1.165, 1.54) is 19.6 Å². The summed E-state index contributed by atoms with van der Waals surface area (Å²) in [4.78, 5) is 25.6. The number of ether oxygens (including phenoxy) is 4. The Balaban J connectivity index is 1.56. The number of carbonyl (C=O) groups excluding carboxylic acids is 1. The number of amides is 1. The van der Waals surface area contributed by atoms with Crippen LogP contribution in [0.5, 0.6) is 28.9 Å². The second-order valence-electron chi connectivity index (χ2n) is 7.58. The molecule has 1 amide bonds. The van der Waals surface area contributed by atoms with Gasteiger partial charge in [-0.15, -0.1) is 0 Å². The van der Waals surface area contributed by atoms with Crippen LogP contribution in [0.15, 0.2) is 30.7 Å². The van der Waals surface area contributed by atoms with Crippen molar-refractivity contribution in [2.24, 2.45) is 0 Å². The van der Waals surface area contributed by atoms with Gasteiger partial charge in [-0.3, -0.25) is 14.9 Å². The SMILES string of the molecule is CCc1c(NC(=O)Cc2ncc(Oc3ncnc4cc(OC)c(OC)cc34)cc2OC)n[nH]c1C. The predicted molar refractivity (Wildman–Crippen MR) is 129 cm³/mol. The molecule has 0 fully saturated rings. The van der Waals surface area contributed by atoms with Crippen LogP contribution < -0.4 is 24.3 Å². The highest BCUT2D eigenvalue weighted by Crippen LogP contribution is 2.36. The number of hydrogen-bond donors (Lipinski definition) is 2. The molecule has 0 atom stereocenters. The van der Waals surface area contributed by atoms with Crippen molar-refractivity contribution in [3.8, 4) is 28.9 Å². The molecule has 0 saturated heterocycles. The van der Waals surface area contributed by atoms with E-state index in [4.69, 9.17) is 18.9 Å². The summed E-state index contributed by atoms with van der Waals surface area (Å²) < 4.78 is 22.2. The number of aromatic amines is 1. The van der Waals surface area contributed by atoms with Crippen LogP contribution in [0.1, 0.15) is 23.9 Å². The number of H-pyrrole nitrogens is 1. The minimum absolute atomic E-state index is 0.00590. The van der Waals surface area contributed by atoms with Gasteiger partial charge in [-0.2, -0.15) is 5.10 Å². The predicted octanol–water partition coefficient (Wildman–Crippen LogP) is 3.62. The Kier molecular flexibility index (Phi) is 6.95. The minimum atomic E-state index is -0.256. The van der Waals surface area contributed by atoms with Crippen molar-refractivity contribution < 1.29 is 23.7 Å². The van der Waals surface area contributed by atoms with Crippen LogP contribution in [0.25, 0.3) is 10.9 Å². The van der Waals surface area contributed by atoms with Crippen molar-refractivity contribution >= 4 is 22.6 Å². The number of rotatable bonds is 9. The number of carbonyl (C=O) groups is 1. The molecule has 0 aliphatic heterocycles. The van der Waals surface area contributed by atoms with E-state index in [9.17, 15) is 4.79 Å². The molecule has 0 aliphatic carbocycles. The molecule has 4 aromatic rings. The minimum Gasteiger partial charge on any atom is -0.495 e. The van der Waals surface area contributed by atoms with Gasteiger partial charge in [-0.05, 0) is 19.4 Å². The average Bonchev–Trinajstić information content (AvgIpc) is 3.22. The second-order valence-corrected chi connectivity index (χ2v) is 7.58. The normalized spacial score (nSPS) is 10.8. The quantitative estimate of drug-likeness (QED) is 0.370. The Bertz CT molecular complexity index is 1370. The molecule has 3 aromatic heterocycles. The van der Waals surface area contributed by atoms with Crippen LogP contribution in [-0.4, -0.2) is 52.4 Å². The molecule has 4 rings (SSSR count). The smallest absolute Gasteiger partial charge is 0.231 e. The van der Waals surface area contributed by atoms with Gasteiger partial charge in [0.05, 0.1) is 50.5 Å². The molecule has 3 heterocycles. The largest absolute Gasteiger partial charge is 0.495 e. The fourth-order valence-electron chi connectivity index (χ4n) is 3.69. The van der Waals surface area contributed by atoms with Crippen molar-refractivity contribution in [1.29, 1.82) is 0 Å². The van der Waals surface area contributed by atoms with Crippen LogP contribution in [0, 0.1) is 6.92 Å². The molecule has 0 unspecified atom stereocenters. The van der Waals surface area contributed by atoms with Crippen LogP contribution >= 0.6 is 0 Å². The highest BCUT2D eigenvalue weighted by molar-refractivity contribution is 5.92. The number of pyridine rings is 1. The highest BCUT2D eigenvalue weighted by Gasteiger charge is 2.17. The molecule has 0 radical (unpaired) electrons. The summed E-state index contributed by atoms with van der Waals surface area (Å²) in [6, 6.07) is 5.14. The van der Waals surface area contributed by atoms with E-state index in [0.29, 0.717) is 51.3 Å². The van der Waals surface area contributed by atoms with Gasteiger partial charge in [0.1, 0.15) is 12.1 Å². The molecular weight excluding hydrogens is 452 g/mol. The summed E-state index contributed by atoms with van der Waals surface area (Å²) in [6.45, 7) is 3.92. The van der Waals surface area contributed by atoms with Crippen LogP contribution in [0.4, 0.5) is 5.82 Å². The Morgan fingerprint density at radius 3 is 2.46 bits per heavy atom. The number of nitrogens with one attached hydrogen (secondary N) is 2. The van der Waals surface area contributed by atoms with Crippen LogP contribution in [0.3, 0.4) is 0 Å². The van der Waals surface area contributed by atoms with Gasteiger partial charge >= 0.3 is 0 Å². The van der Waals surface area contributed by atoms with Gasteiger partial charge in [0.15, 0.2) is 23.1 Å². The summed E-state index contributed by atoms with van der Waals surface area (Å²) in [5, 5.41) is 10.5. The first-order valence-corrected chi connectivity index (χ1v) is 10.9. The topological polar surface area (TPSA) is 133 Å². The molecule has 2 N–H and O–H groups in total. The zero-order valence-electron chi connectivity index (χ0n) is 20.1. The third kappa shape index (κ3) is 4.93. The fourth-order valence-corrected chi connectivity index (χ4v) is 3.69. The third-order valence-corrected chi connectivity index (χ3v) is 5.46. The maximum absolute atomic E-state index is 12.6. The van der Waals surface area contributed by atoms with E-state index in [1.54, 1.807) is 32.4 Å². The first-order valence-electron chi connectivity index (χ1n) is 10.9. The number of anilines is 1. The number of hydrogen-bond acceptors (Lipinski definition) is 9. The summed E-state index contributed by atoms with van der Waals surface area (Å²) >= 11 is 0. The lowest BCUT2D eigenvalue weighted by Gasteiger charge is -2.13. The van der Waals surface area contributed by atoms with E-state index < -0.39 is 0 Å². The van der Waals surface area contributed by atoms with Gasteiger partial charge in [0.2, 0.25) is 11.8 Å². The van der Waals surface area contributed by atoms with Gasteiger partial charge in [0.25, 0.3) is 0 Å². The third-order valence-electron chi connectivity index (χ3n) is 5.46. The lowest BCUT2D eigenvalue weighted by Crippen LogP contribution is -2.17. The molecule has 11 nitrogen and oxygen atoms in total. The summed E-state index contributed by atoms with van der Waals surface area (Å²) in [5.41, 5.74) is 2.98. The first-order chi connectivity index (χ1) is 17.0. The molecule has 0 spiro atoms. The average molecular weight is 479 g/mol. The van der Waals surface area contributed by atoms with Crippen molar-refractivity contribution in [3.63, 3.8) is 0 Å². The van der Waals surface area contributed by atoms with E-state index in [1.807, 2.05) is 13.8 Å². The number of aromatic nitrogens is 5. The first kappa shape index (κ1) is 23.7. The monoisotopic (exact) mass is 478 g/mol. The lowest BCUT2D eigenvalue weighted by molar-refractivity contribution is -0.115. The maximum atomic E-state index is 12.6. The van der Waals surface area contributed by atoms with Crippen molar-refractivity contribution in [2.75, 3.05) is 26.6 Å². The van der Waals surface area contributed by atoms with Crippen LogP contribution in [0.2, 0.25) is 0 Å². The Labute approximate surface area is 201 Å². The van der Waals surface area contributed by atoms with E-state index >= 15 is 0 Å². The van der Waals surface area contributed by atoms with Crippen molar-refractivity contribution in [2.45, 2.75) is 26.7 Å². The van der Waals surface area contributed by atoms with Crippen molar-refractivity contribution in [3.05, 3.63) is 47.7 Å². The number of benzene rings is 1. The summed E-state index contributed by atoms with van der Waals surface area (Å²) in [5.74, 6) is 2.44. The van der Waals surface area contributed by atoms with Gasteiger partial charge < -0.3 is 24.3 Å². The van der Waals surface area contributed by atoms with Gasteiger partial charge in [-0.1, -0.05) is 6.92 Å². The number of methoxy groups -OCH3 is 3. The number of aryl methyl sites for hydroxylation is 1.